The van der Waals surface area contributed by atoms with E-state index in [-0.39, 0.29) is 135 Å². The summed E-state index contributed by atoms with van der Waals surface area (Å²) < 4.78 is 73.7. The summed E-state index contributed by atoms with van der Waals surface area (Å²) in [5.74, 6) is -13.4. The fourth-order valence-electron chi connectivity index (χ4n) is 17.0. The molecule has 33 nitrogen and oxygen atoms in total. The van der Waals surface area contributed by atoms with Crippen LogP contribution >= 0.6 is 0 Å². The molecule has 8 heterocycles. The first-order valence-corrected chi connectivity index (χ1v) is 44.3. The number of benzene rings is 4. The van der Waals surface area contributed by atoms with Crippen LogP contribution in [-0.2, 0) is 127 Å². The second kappa shape index (κ2) is 46.8. The summed E-state index contributed by atoms with van der Waals surface area (Å²) >= 11 is 0. The van der Waals surface area contributed by atoms with Crippen LogP contribution in [0.2, 0.25) is 0 Å². The van der Waals surface area contributed by atoms with Crippen molar-refractivity contribution in [1.82, 2.24) is 61.4 Å². The van der Waals surface area contributed by atoms with Gasteiger partial charge in [-0.1, -0.05) is 73.5 Å². The van der Waals surface area contributed by atoms with Gasteiger partial charge in [-0.3, -0.25) is 62.3 Å². The molecule has 3 fully saturated rings. The van der Waals surface area contributed by atoms with E-state index in [9.17, 15) is 47.0 Å². The first-order chi connectivity index (χ1) is 61.4. The Hall–Kier alpha value is -11.3. The third kappa shape index (κ3) is 29.1. The molecule has 14 bridgehead atoms. The maximum Gasteiger partial charge on any atom is 0.490 e. The van der Waals surface area contributed by atoms with Crippen LogP contribution in [0.4, 0.5) is 17.6 Å². The summed E-state index contributed by atoms with van der Waals surface area (Å²) in [5, 5.41) is 38.7. The number of carbonyl (C=O) groups excluding carboxylic acids is 13. The molecule has 4 aromatic carbocycles. The lowest BCUT2D eigenvalue weighted by Gasteiger charge is -2.37. The highest BCUT2D eigenvalue weighted by atomic mass is 19.4. The number of hydrogen-bond acceptors (Lipinski definition) is 19. The number of aromatic nitrogens is 1. The zero-order valence-corrected chi connectivity index (χ0v) is 74.1. The van der Waals surface area contributed by atoms with Gasteiger partial charge in [0, 0.05) is 120 Å². The number of rotatable bonds is 13. The van der Waals surface area contributed by atoms with Crippen molar-refractivity contribution in [3.63, 3.8) is 0 Å². The van der Waals surface area contributed by atoms with E-state index in [4.69, 9.17) is 28.8 Å². The highest BCUT2D eigenvalue weighted by Crippen LogP contribution is 2.35. The van der Waals surface area contributed by atoms with Crippen molar-refractivity contribution >= 4 is 93.4 Å². The number of ether oxygens (including phenoxy) is 4. The van der Waals surface area contributed by atoms with Crippen molar-refractivity contribution in [3.8, 4) is 5.75 Å². The number of aryl methyl sites for hydroxylation is 2. The summed E-state index contributed by atoms with van der Waals surface area (Å²) in [6.45, 7) is 3.71. The normalized spacial score (nSPS) is 24.3. The second-order valence-corrected chi connectivity index (χ2v) is 35.2. The highest BCUT2D eigenvalue weighted by molar-refractivity contribution is 6.01. The maximum absolute atomic E-state index is 16.4. The van der Waals surface area contributed by atoms with Crippen LogP contribution in [-0.4, -0.2) is 289 Å². The second-order valence-electron chi connectivity index (χ2n) is 35.2. The predicted octanol–water partition coefficient (Wildman–Crippen LogP) is 4.37. The topological polar surface area (TPSA) is 418 Å². The molecule has 12 rings (SSSR count). The number of methoxy groups -OCH3 is 1. The van der Waals surface area contributed by atoms with Crippen LogP contribution in [0.15, 0.2) is 97.2 Å². The van der Waals surface area contributed by atoms with Crippen molar-refractivity contribution < 1.29 is 118 Å². The molecule has 10 atom stereocenters. The van der Waals surface area contributed by atoms with Crippen LogP contribution in [0.5, 0.6) is 5.75 Å². The van der Waals surface area contributed by atoms with Crippen LogP contribution in [0, 0.1) is 11.7 Å². The Labute approximate surface area is 747 Å². The van der Waals surface area contributed by atoms with Gasteiger partial charge in [0.1, 0.15) is 54.9 Å². The van der Waals surface area contributed by atoms with Gasteiger partial charge < -0.3 is 95.0 Å². The molecule has 0 radical (unpaired) electrons. The number of carbonyl (C=O) groups is 14. The molecule has 7 aliphatic rings. The molecule has 1 aromatic heterocycles. The number of halogens is 4. The maximum atomic E-state index is 16.4. The third-order valence-corrected chi connectivity index (χ3v) is 24.3. The van der Waals surface area contributed by atoms with Gasteiger partial charge >= 0.3 is 12.1 Å². The minimum absolute atomic E-state index is 0.0252. The van der Waals surface area contributed by atoms with Crippen LogP contribution in [0.3, 0.4) is 0 Å². The largest absolute Gasteiger partial charge is 0.497 e. The quantitative estimate of drug-likeness (QED) is 0.0449. The minimum atomic E-state index is -5.08. The Kier molecular flexibility index (Phi) is 36.2. The van der Waals surface area contributed by atoms with Crippen molar-refractivity contribution in [3.05, 3.63) is 136 Å². The third-order valence-electron chi connectivity index (χ3n) is 24.3. The molecular weight excluding hydrogens is 1680 g/mol. The molecule has 5 aromatic rings. The smallest absolute Gasteiger partial charge is 0.490 e. The predicted molar refractivity (Wildman–Crippen MR) is 462 cm³/mol. The van der Waals surface area contributed by atoms with E-state index in [1.54, 1.807) is 72.6 Å². The Bertz CT molecular complexity index is 4790. The molecule has 9 N–H and O–H groups in total. The molecule has 0 saturated carbocycles. The summed E-state index contributed by atoms with van der Waals surface area (Å²) in [6, 6.07) is 15.7. The van der Waals surface area contributed by atoms with Crippen molar-refractivity contribution in [1.29, 1.82) is 0 Å². The number of alkyl halides is 3. The number of carboxylic acids is 1. The van der Waals surface area contributed by atoms with Gasteiger partial charge in [0.05, 0.1) is 84.9 Å². The van der Waals surface area contributed by atoms with Crippen LogP contribution < -0.4 is 42.0 Å². The van der Waals surface area contributed by atoms with E-state index in [1.807, 2.05) is 50.0 Å². The summed E-state index contributed by atoms with van der Waals surface area (Å²) in [4.78, 5) is 211. The average molecular weight is 1810 g/mol. The van der Waals surface area contributed by atoms with E-state index in [0.717, 1.165) is 17.7 Å². The van der Waals surface area contributed by atoms with Gasteiger partial charge in [-0.15, -0.1) is 0 Å². The number of Topliss-reactive ketones (excluding diaryl/α,β-unsaturated/α-hetero) is 2. The lowest BCUT2D eigenvalue weighted by atomic mass is 9.88. The van der Waals surface area contributed by atoms with E-state index < -0.39 is 175 Å². The molecular formula is C92H122F4N13O20+. The molecule has 129 heavy (non-hydrogen) atoms. The SMILES string of the molecule is COc1ccc(C[C@@H]2NC(=O)[C@H]([C@@H](C)O)NC(=O)[C@@H]3[C@@H]4CCN3C(=O)[C@H]3CC(=O)[C@H](Cc5cccc(c5)CNC(=O)CO4)NC(=O)[C@H]4CNC(=O)CCCCN(C(=O)CCOCCOCC[N+](C)(C)C)C[C@H](NC(=O)CCC(=O)N(CCCCCCn5cc(c6cc(F)ccc65)C3)Cc3ccc(cc3)CCCC(=O)[C@]3(C)CCCN3C2=O)C(=O)N4)cc1.O=C(O)C(F)(F)F. The zero-order chi connectivity index (χ0) is 93.3. The molecule has 37 heteroatoms. The monoisotopic (exact) mass is 1800 g/mol. The van der Waals surface area contributed by atoms with Gasteiger partial charge in [-0.2, -0.15) is 13.2 Å². The number of aliphatic hydroxyl groups is 1. The van der Waals surface area contributed by atoms with Crippen molar-refractivity contribution in [2.45, 2.75) is 222 Å². The molecule has 3 saturated heterocycles. The Morgan fingerprint density at radius 3 is 2.04 bits per heavy atom. The number of hydrogen-bond donors (Lipinski definition) is 9. The lowest BCUT2D eigenvalue weighted by molar-refractivity contribution is -0.870. The Morgan fingerprint density at radius 2 is 1.33 bits per heavy atom. The van der Waals surface area contributed by atoms with Gasteiger partial charge in [0.15, 0.2) is 11.6 Å². The summed E-state index contributed by atoms with van der Waals surface area (Å²) in [7, 11) is 7.63. The first kappa shape index (κ1) is 99.9. The standard InChI is InChI=1S/C90H120FN13O18.C2HF3O2/c1-58(105)82-86(115)96-70(47-60-25-28-67(119-6)29-26-60)89(118)103-39-15-35-90(103,2)76(107)19-14-16-59-21-23-61(24-22-59)54-100-37-11-8-7-10-36-99-55-65(68-51-66(91)27-30-73(68)99)49-64-50-74(106)69(48-62-17-13-18-63(46-62)52-92-79(110)57-122-75-33-40-102(88(64)117)83(75)87(116)98-82)95-84(113)71-53-93-77(108)20-9-12-38-101(56-72(85(114)97-71)94-78(109)31-32-80(100)111)81(112)34-42-120-44-45-121-43-41-104(3,4)5;3-2(4,5)1(6)7/h13,17-18,21-30,46,51,55,58,64,69-72,75,82-83,105H,7-12,14-16,19-20,31-45,47-50,52-54,56-57H2,1-6H3,(H6-,92,93,94,95,96,97,98,108,109,110,113,114,115,116);(H,6,7)/p+1/t58-,64-,69+,70+,71-,72+,75+,82+,83+,90+;/m1./s1. The fourth-order valence-corrected chi connectivity index (χ4v) is 17.0. The number of carboxylic acid groups (broad SMARTS) is 1. The number of aliphatic hydroxyl groups excluding tert-OH is 1. The summed E-state index contributed by atoms with van der Waals surface area (Å²) in [6.07, 6.45) is -4.04. The van der Waals surface area contributed by atoms with Crippen LogP contribution in [0.25, 0.3) is 10.9 Å². The van der Waals surface area contributed by atoms with Gasteiger partial charge in [-0.25, -0.2) is 9.18 Å². The number of ketones is 2. The first-order valence-electron chi connectivity index (χ1n) is 44.3. The fraction of sp³-hybridized carbons (Fsp3) is 0.565. The minimum Gasteiger partial charge on any atom is -0.497 e. The summed E-state index contributed by atoms with van der Waals surface area (Å²) in [5.41, 5.74) is 2.95. The number of aliphatic carboxylic acids is 1. The van der Waals surface area contributed by atoms with E-state index >= 15 is 38.0 Å². The lowest BCUT2D eigenvalue weighted by Crippen LogP contribution is -2.62. The van der Waals surface area contributed by atoms with Crippen LogP contribution in [0.1, 0.15) is 150 Å². The van der Waals surface area contributed by atoms with Crippen molar-refractivity contribution in [2.24, 2.45) is 5.92 Å². The Morgan fingerprint density at radius 1 is 0.636 bits per heavy atom. The number of quaternary nitrogens is 1. The van der Waals surface area contributed by atoms with Crippen molar-refractivity contribution in [2.75, 3.05) is 107 Å². The number of nitrogens with one attached hydrogen (secondary N) is 7. The van der Waals surface area contributed by atoms with E-state index in [1.165, 1.54) is 40.9 Å². The average Bonchev–Trinajstić information content (AvgIpc) is 1.71. The number of likely N-dealkylation sites (N-methyl/N-ethyl adjacent to an activating group) is 1. The Balaban J connectivity index is 0.00000237. The van der Waals surface area contributed by atoms with E-state index in [0.29, 0.717) is 108 Å². The molecule has 702 valence electrons. The van der Waals surface area contributed by atoms with Gasteiger partial charge in [0.2, 0.25) is 65.0 Å². The number of amides is 11. The number of fused-ring (bicyclic) bond motifs is 19. The highest BCUT2D eigenvalue weighted by Gasteiger charge is 2.50. The molecule has 0 unspecified atom stereocenters. The molecule has 11 amide bonds. The number of nitrogens with zero attached hydrogens (tertiary/aromatic N) is 6. The van der Waals surface area contributed by atoms with Gasteiger partial charge in [0.25, 0.3) is 0 Å². The molecule has 7 aliphatic heterocycles. The zero-order valence-electron chi connectivity index (χ0n) is 74.1. The van der Waals surface area contributed by atoms with E-state index in [2.05, 4.69) is 37.2 Å². The van der Waals surface area contributed by atoms with Gasteiger partial charge in [-0.05, 0) is 148 Å². The molecule has 0 spiro atoms. The molecule has 0 aliphatic carbocycles.